The van der Waals surface area contributed by atoms with Crippen LogP contribution in [-0.2, 0) is 11.0 Å². The molecule has 0 unspecified atom stereocenters. The van der Waals surface area contributed by atoms with E-state index in [1.807, 2.05) is 0 Å². The molecule has 0 bridgehead atoms. The highest BCUT2D eigenvalue weighted by Crippen LogP contribution is 2.36. The molecule has 20 heavy (non-hydrogen) atoms. The number of hydrogen-bond donors (Lipinski definition) is 1. The van der Waals surface area contributed by atoms with Crippen molar-refractivity contribution >= 4 is 11.6 Å². The molecule has 2 heterocycles. The van der Waals surface area contributed by atoms with Gasteiger partial charge in [0.2, 0.25) is 5.91 Å². The van der Waals surface area contributed by atoms with Gasteiger partial charge in [-0.1, -0.05) is 6.92 Å². The maximum absolute atomic E-state index is 13.2. The van der Waals surface area contributed by atoms with Crippen LogP contribution in [0, 0.1) is 0 Å². The van der Waals surface area contributed by atoms with E-state index >= 15 is 0 Å². The minimum atomic E-state index is -4.64. The topological polar surface area (TPSA) is 59.8 Å². The van der Waals surface area contributed by atoms with Crippen LogP contribution in [0.3, 0.4) is 0 Å². The maximum Gasteiger partial charge on any atom is 0.435 e. The van der Waals surface area contributed by atoms with Crippen molar-refractivity contribution in [1.29, 1.82) is 0 Å². The Balaban J connectivity index is 2.51. The van der Waals surface area contributed by atoms with Gasteiger partial charge in [0, 0.05) is 18.8 Å². The molecule has 0 radical (unpaired) electrons. The molecule has 8 heteroatoms. The summed E-state index contributed by atoms with van der Waals surface area (Å²) in [5.41, 5.74) is -1.17. The van der Waals surface area contributed by atoms with Crippen molar-refractivity contribution < 1.29 is 18.0 Å². The Bertz CT molecular complexity index is 607. The summed E-state index contributed by atoms with van der Waals surface area (Å²) in [6, 6.07) is 2.79. The second-order valence-corrected chi connectivity index (χ2v) is 3.92. The molecule has 0 spiro atoms. The fourth-order valence-electron chi connectivity index (χ4n) is 1.63. The maximum atomic E-state index is 13.2. The van der Waals surface area contributed by atoms with Gasteiger partial charge in [-0.15, -0.1) is 0 Å². The Hall–Kier alpha value is -2.38. The van der Waals surface area contributed by atoms with E-state index in [-0.39, 0.29) is 17.8 Å². The lowest BCUT2D eigenvalue weighted by atomic mass is 10.3. The zero-order valence-electron chi connectivity index (χ0n) is 10.5. The van der Waals surface area contributed by atoms with E-state index in [1.165, 1.54) is 24.5 Å². The summed E-state index contributed by atoms with van der Waals surface area (Å²) in [4.78, 5) is 15.0. The van der Waals surface area contributed by atoms with Crippen LogP contribution in [0.2, 0.25) is 0 Å². The molecular formula is C12H11F3N4O. The Morgan fingerprint density at radius 2 is 2.00 bits per heavy atom. The fraction of sp³-hybridized carbons (Fsp3) is 0.250. The average molecular weight is 284 g/mol. The zero-order valence-corrected chi connectivity index (χ0v) is 10.5. The fourth-order valence-corrected chi connectivity index (χ4v) is 1.63. The van der Waals surface area contributed by atoms with E-state index < -0.39 is 17.8 Å². The number of carbonyl (C=O) groups excluding carboxylic acids is 1. The van der Waals surface area contributed by atoms with Crippen molar-refractivity contribution in [2.75, 3.05) is 5.32 Å². The van der Waals surface area contributed by atoms with Crippen LogP contribution in [-0.4, -0.2) is 20.7 Å². The monoisotopic (exact) mass is 284 g/mol. The first-order valence-corrected chi connectivity index (χ1v) is 5.79. The van der Waals surface area contributed by atoms with Crippen molar-refractivity contribution in [3.8, 4) is 5.69 Å². The summed E-state index contributed by atoms with van der Waals surface area (Å²) in [7, 11) is 0. The predicted octanol–water partition coefficient (Wildman–Crippen LogP) is 2.63. The number of alkyl halides is 3. The van der Waals surface area contributed by atoms with Gasteiger partial charge < -0.3 is 5.32 Å². The Kier molecular flexibility index (Phi) is 3.73. The lowest BCUT2D eigenvalue weighted by Crippen LogP contribution is -2.18. The number of aromatic nitrogens is 3. The normalized spacial score (nSPS) is 11.4. The number of anilines is 1. The quantitative estimate of drug-likeness (QED) is 0.942. The second-order valence-electron chi connectivity index (χ2n) is 3.92. The summed E-state index contributed by atoms with van der Waals surface area (Å²) >= 11 is 0. The molecule has 1 amide bonds. The van der Waals surface area contributed by atoms with Crippen LogP contribution in [0.15, 0.2) is 30.7 Å². The molecule has 0 fully saturated rings. The van der Waals surface area contributed by atoms with Crippen LogP contribution in [0.1, 0.15) is 19.0 Å². The van der Waals surface area contributed by atoms with Gasteiger partial charge in [-0.2, -0.15) is 18.3 Å². The Morgan fingerprint density at radius 1 is 1.35 bits per heavy atom. The highest BCUT2D eigenvalue weighted by Gasteiger charge is 2.39. The average Bonchev–Trinajstić information content (AvgIpc) is 2.83. The van der Waals surface area contributed by atoms with Crippen LogP contribution >= 0.6 is 0 Å². The van der Waals surface area contributed by atoms with Gasteiger partial charge in [-0.05, 0) is 12.1 Å². The highest BCUT2D eigenvalue weighted by atomic mass is 19.4. The minimum Gasteiger partial charge on any atom is -0.323 e. The molecular weight excluding hydrogens is 273 g/mol. The molecule has 2 aromatic rings. The van der Waals surface area contributed by atoms with E-state index in [0.29, 0.717) is 0 Å². The van der Waals surface area contributed by atoms with Gasteiger partial charge in [-0.3, -0.25) is 9.78 Å². The molecule has 0 saturated carbocycles. The van der Waals surface area contributed by atoms with Crippen molar-refractivity contribution in [1.82, 2.24) is 14.8 Å². The molecule has 0 saturated heterocycles. The number of nitrogens with one attached hydrogen (secondary N) is 1. The van der Waals surface area contributed by atoms with Crippen molar-refractivity contribution in [2.45, 2.75) is 19.5 Å². The first kappa shape index (κ1) is 14.0. The lowest BCUT2D eigenvalue weighted by molar-refractivity contribution is -0.142. The largest absolute Gasteiger partial charge is 0.435 e. The SMILES string of the molecule is CCC(=O)Nc1cnn(-c2ccncc2)c1C(F)(F)F. The molecule has 0 aliphatic rings. The Labute approximate surface area is 112 Å². The van der Waals surface area contributed by atoms with Crippen molar-refractivity contribution in [3.63, 3.8) is 0 Å². The molecule has 0 aliphatic carbocycles. The molecule has 0 atom stereocenters. The number of halogens is 3. The van der Waals surface area contributed by atoms with E-state index in [1.54, 1.807) is 6.92 Å². The van der Waals surface area contributed by atoms with Gasteiger partial charge in [0.05, 0.1) is 17.6 Å². The van der Waals surface area contributed by atoms with Gasteiger partial charge >= 0.3 is 6.18 Å². The first-order chi connectivity index (χ1) is 9.43. The third-order valence-corrected chi connectivity index (χ3v) is 2.54. The van der Waals surface area contributed by atoms with Crippen LogP contribution in [0.5, 0.6) is 0 Å². The van der Waals surface area contributed by atoms with Crippen molar-refractivity contribution in [3.05, 3.63) is 36.4 Å². The summed E-state index contributed by atoms with van der Waals surface area (Å²) in [6.45, 7) is 1.55. The van der Waals surface area contributed by atoms with Crippen LogP contribution in [0.4, 0.5) is 18.9 Å². The van der Waals surface area contributed by atoms with Gasteiger partial charge in [0.25, 0.3) is 0 Å². The van der Waals surface area contributed by atoms with Gasteiger partial charge in [0.1, 0.15) is 0 Å². The van der Waals surface area contributed by atoms with Crippen LogP contribution in [0.25, 0.3) is 5.69 Å². The standard InChI is InChI=1S/C12H11F3N4O/c1-2-10(20)18-9-7-17-19(11(9)12(13,14)15)8-3-5-16-6-4-8/h3-7H,2H2,1H3,(H,18,20). The summed E-state index contributed by atoms with van der Waals surface area (Å²) in [5, 5.41) is 5.89. The molecule has 1 N–H and O–H groups in total. The van der Waals surface area contributed by atoms with Crippen LogP contribution < -0.4 is 5.32 Å². The smallest absolute Gasteiger partial charge is 0.323 e. The molecule has 0 aliphatic heterocycles. The third-order valence-electron chi connectivity index (χ3n) is 2.54. The van der Waals surface area contributed by atoms with E-state index in [4.69, 9.17) is 0 Å². The number of nitrogens with zero attached hydrogens (tertiary/aromatic N) is 3. The third kappa shape index (κ3) is 2.79. The minimum absolute atomic E-state index is 0.0811. The summed E-state index contributed by atoms with van der Waals surface area (Å²) in [5.74, 6) is -0.509. The zero-order chi connectivity index (χ0) is 14.8. The number of rotatable bonds is 3. The Morgan fingerprint density at radius 3 is 2.55 bits per heavy atom. The number of pyridine rings is 1. The second kappa shape index (κ2) is 5.32. The molecule has 0 aromatic carbocycles. The van der Waals surface area contributed by atoms with Gasteiger partial charge in [0.15, 0.2) is 5.69 Å². The molecule has 2 rings (SSSR count). The molecule has 5 nitrogen and oxygen atoms in total. The van der Waals surface area contributed by atoms with E-state index in [2.05, 4.69) is 15.4 Å². The van der Waals surface area contributed by atoms with E-state index in [9.17, 15) is 18.0 Å². The summed E-state index contributed by atoms with van der Waals surface area (Å²) in [6.07, 6.45) is -0.854. The first-order valence-electron chi connectivity index (χ1n) is 5.79. The highest BCUT2D eigenvalue weighted by molar-refractivity contribution is 5.91. The number of amides is 1. The predicted molar refractivity (Wildman–Crippen MR) is 65.3 cm³/mol. The van der Waals surface area contributed by atoms with Gasteiger partial charge in [-0.25, -0.2) is 4.68 Å². The van der Waals surface area contributed by atoms with Crippen molar-refractivity contribution in [2.24, 2.45) is 0 Å². The molecule has 106 valence electrons. The summed E-state index contributed by atoms with van der Waals surface area (Å²) < 4.78 is 40.2. The number of hydrogen-bond acceptors (Lipinski definition) is 3. The lowest BCUT2D eigenvalue weighted by Gasteiger charge is -2.12. The number of carbonyl (C=O) groups is 1. The molecule has 2 aromatic heterocycles. The van der Waals surface area contributed by atoms with E-state index in [0.717, 1.165) is 10.9 Å².